The smallest absolute Gasteiger partial charge is 0.120 e. The lowest BCUT2D eigenvalue weighted by atomic mass is 10.0. The van der Waals surface area contributed by atoms with E-state index in [4.69, 9.17) is 0 Å². The molecule has 0 amide bonds. The number of aromatic hydroxyl groups is 1. The lowest BCUT2D eigenvalue weighted by Gasteiger charge is -2.20. The molecule has 2 N–H and O–H groups in total. The van der Waals surface area contributed by atoms with Crippen molar-refractivity contribution in [2.24, 2.45) is 0 Å². The molecule has 1 heterocycles. The van der Waals surface area contributed by atoms with Crippen LogP contribution in [0.3, 0.4) is 0 Å². The van der Waals surface area contributed by atoms with E-state index in [1.807, 2.05) is 19.1 Å². The first kappa shape index (κ1) is 13.1. The molecule has 0 fully saturated rings. The Kier molecular flexibility index (Phi) is 4.04. The number of phenols is 1. The summed E-state index contributed by atoms with van der Waals surface area (Å²) in [5.74, 6) is 0.360. The molecule has 3 heteroatoms. The number of hydrogen-bond donors (Lipinski definition) is 2. The van der Waals surface area contributed by atoms with E-state index in [1.165, 1.54) is 10.4 Å². The molecule has 2 nitrogen and oxygen atoms in total. The second kappa shape index (κ2) is 5.55. The number of hydrogen-bond acceptors (Lipinski definition) is 3. The fraction of sp³-hybridized carbons (Fsp3) is 0.333. The van der Waals surface area contributed by atoms with Crippen LogP contribution in [0.2, 0.25) is 0 Å². The van der Waals surface area contributed by atoms with Crippen LogP contribution >= 0.6 is 11.3 Å². The number of phenolic OH excluding ortho intramolecular Hbond substituents is 1. The zero-order valence-corrected chi connectivity index (χ0v) is 11.8. The van der Waals surface area contributed by atoms with Crippen molar-refractivity contribution in [3.63, 3.8) is 0 Å². The van der Waals surface area contributed by atoms with Crippen molar-refractivity contribution in [3.8, 4) is 5.75 Å². The van der Waals surface area contributed by atoms with Crippen molar-refractivity contribution in [1.29, 1.82) is 0 Å². The minimum absolute atomic E-state index is 0.127. The van der Waals surface area contributed by atoms with Crippen molar-refractivity contribution >= 4 is 11.3 Å². The number of benzene rings is 1. The van der Waals surface area contributed by atoms with Crippen LogP contribution in [0.4, 0.5) is 0 Å². The Morgan fingerprint density at radius 3 is 2.61 bits per heavy atom. The molecule has 0 radical (unpaired) electrons. The Balaban J connectivity index is 2.12. The van der Waals surface area contributed by atoms with Crippen LogP contribution in [-0.4, -0.2) is 5.11 Å². The van der Waals surface area contributed by atoms with Crippen LogP contribution in [0.15, 0.2) is 35.7 Å². The summed E-state index contributed by atoms with van der Waals surface area (Å²) in [6.07, 6.45) is 0. The summed E-state index contributed by atoms with van der Waals surface area (Å²) >= 11 is 1.75. The van der Waals surface area contributed by atoms with Crippen LogP contribution in [0.5, 0.6) is 5.75 Å². The van der Waals surface area contributed by atoms with Gasteiger partial charge in [0.05, 0.1) is 0 Å². The largest absolute Gasteiger partial charge is 0.508 e. The molecule has 96 valence electrons. The molecule has 1 unspecified atom stereocenters. The monoisotopic (exact) mass is 261 g/mol. The maximum absolute atomic E-state index is 9.91. The van der Waals surface area contributed by atoms with E-state index >= 15 is 0 Å². The standard InChI is InChI=1S/C15H19NOS/c1-10-6-7-14(17)13(9-10)11(2)16-12(3)15-5-4-8-18-15/h4-9,11-12,16-17H,1-3H3/t11?,12-/m0/s1. The first-order valence-electron chi connectivity index (χ1n) is 6.17. The topological polar surface area (TPSA) is 32.3 Å². The van der Waals surface area contributed by atoms with Gasteiger partial charge in [0.25, 0.3) is 0 Å². The molecule has 0 spiro atoms. The highest BCUT2D eigenvalue weighted by Crippen LogP contribution is 2.28. The Bertz CT molecular complexity index is 507. The first-order valence-corrected chi connectivity index (χ1v) is 7.05. The number of aryl methyl sites for hydroxylation is 1. The highest BCUT2D eigenvalue weighted by molar-refractivity contribution is 7.10. The van der Waals surface area contributed by atoms with Crippen LogP contribution in [0, 0.1) is 6.92 Å². The molecule has 0 aliphatic carbocycles. The second-order valence-corrected chi connectivity index (χ2v) is 5.67. The summed E-state index contributed by atoms with van der Waals surface area (Å²) in [7, 11) is 0. The molecule has 2 rings (SSSR count). The van der Waals surface area contributed by atoms with Crippen molar-refractivity contribution in [3.05, 3.63) is 51.7 Å². The van der Waals surface area contributed by atoms with Gasteiger partial charge in [-0.25, -0.2) is 0 Å². The zero-order valence-electron chi connectivity index (χ0n) is 11.0. The molecule has 2 atom stereocenters. The Morgan fingerprint density at radius 1 is 1.17 bits per heavy atom. The molecule has 1 aromatic carbocycles. The average molecular weight is 261 g/mol. The average Bonchev–Trinajstić information content (AvgIpc) is 2.85. The summed E-state index contributed by atoms with van der Waals surface area (Å²) in [4.78, 5) is 1.31. The maximum Gasteiger partial charge on any atom is 0.120 e. The molecule has 0 bridgehead atoms. The number of thiophene rings is 1. The third-order valence-electron chi connectivity index (χ3n) is 3.12. The van der Waals surface area contributed by atoms with Gasteiger partial charge in [-0.2, -0.15) is 0 Å². The van der Waals surface area contributed by atoms with Crippen LogP contribution in [-0.2, 0) is 0 Å². The van der Waals surface area contributed by atoms with Gasteiger partial charge in [0.2, 0.25) is 0 Å². The van der Waals surface area contributed by atoms with Crippen molar-refractivity contribution in [2.75, 3.05) is 0 Å². The second-order valence-electron chi connectivity index (χ2n) is 4.69. The molecule has 0 aliphatic heterocycles. The van der Waals surface area contributed by atoms with E-state index in [1.54, 1.807) is 17.4 Å². The summed E-state index contributed by atoms with van der Waals surface area (Å²) < 4.78 is 0. The zero-order chi connectivity index (χ0) is 13.1. The lowest BCUT2D eigenvalue weighted by Crippen LogP contribution is -2.21. The van der Waals surface area contributed by atoms with E-state index < -0.39 is 0 Å². The van der Waals surface area contributed by atoms with Gasteiger partial charge in [-0.15, -0.1) is 11.3 Å². The molecule has 0 aliphatic rings. The number of rotatable bonds is 4. The fourth-order valence-corrected chi connectivity index (χ4v) is 2.85. The minimum Gasteiger partial charge on any atom is -0.508 e. The third-order valence-corrected chi connectivity index (χ3v) is 4.17. The molecule has 2 aromatic rings. The third kappa shape index (κ3) is 2.92. The summed E-state index contributed by atoms with van der Waals surface area (Å²) in [5.41, 5.74) is 2.12. The highest BCUT2D eigenvalue weighted by Gasteiger charge is 2.14. The maximum atomic E-state index is 9.91. The van der Waals surface area contributed by atoms with Gasteiger partial charge in [-0.1, -0.05) is 23.8 Å². The van der Waals surface area contributed by atoms with Crippen LogP contribution in [0.1, 0.15) is 41.9 Å². The van der Waals surface area contributed by atoms with Gasteiger partial charge < -0.3 is 10.4 Å². The first-order chi connectivity index (χ1) is 8.58. The van der Waals surface area contributed by atoms with Gasteiger partial charge >= 0.3 is 0 Å². The molecule has 0 saturated heterocycles. The quantitative estimate of drug-likeness (QED) is 0.865. The summed E-state index contributed by atoms with van der Waals surface area (Å²) in [6.45, 7) is 6.27. The predicted octanol–water partition coefficient (Wildman–Crippen LogP) is 4.17. The van der Waals surface area contributed by atoms with E-state index in [0.717, 1.165) is 5.56 Å². The van der Waals surface area contributed by atoms with Gasteiger partial charge in [0.15, 0.2) is 0 Å². The van der Waals surface area contributed by atoms with Crippen molar-refractivity contribution in [2.45, 2.75) is 32.9 Å². The van der Waals surface area contributed by atoms with E-state index in [0.29, 0.717) is 11.8 Å². The van der Waals surface area contributed by atoms with Gasteiger partial charge in [-0.05, 0) is 38.3 Å². The van der Waals surface area contributed by atoms with Gasteiger partial charge in [-0.3, -0.25) is 0 Å². The van der Waals surface area contributed by atoms with Gasteiger partial charge in [0, 0.05) is 22.5 Å². The Morgan fingerprint density at radius 2 is 1.94 bits per heavy atom. The SMILES string of the molecule is Cc1ccc(O)c(C(C)N[C@@H](C)c2cccs2)c1. The lowest BCUT2D eigenvalue weighted by molar-refractivity contribution is 0.439. The fourth-order valence-electron chi connectivity index (χ4n) is 2.11. The Hall–Kier alpha value is -1.32. The highest BCUT2D eigenvalue weighted by atomic mass is 32.1. The molecule has 18 heavy (non-hydrogen) atoms. The van der Waals surface area contributed by atoms with Crippen LogP contribution < -0.4 is 5.32 Å². The molecular weight excluding hydrogens is 242 g/mol. The summed E-state index contributed by atoms with van der Waals surface area (Å²) in [6, 6.07) is 10.3. The van der Waals surface area contributed by atoms with Gasteiger partial charge in [0.1, 0.15) is 5.75 Å². The molecule has 1 aromatic heterocycles. The normalized spacial score (nSPS) is 14.4. The molecular formula is C15H19NOS. The predicted molar refractivity (Wildman–Crippen MR) is 77.1 cm³/mol. The number of nitrogens with one attached hydrogen (secondary N) is 1. The Labute approximate surface area is 112 Å². The van der Waals surface area contributed by atoms with Crippen LogP contribution in [0.25, 0.3) is 0 Å². The van der Waals surface area contributed by atoms with E-state index in [2.05, 4.69) is 36.7 Å². The van der Waals surface area contributed by atoms with E-state index in [-0.39, 0.29) is 6.04 Å². The van der Waals surface area contributed by atoms with Crippen molar-refractivity contribution in [1.82, 2.24) is 5.32 Å². The van der Waals surface area contributed by atoms with Crippen molar-refractivity contribution < 1.29 is 5.11 Å². The minimum atomic E-state index is 0.127. The molecule has 0 saturated carbocycles. The summed E-state index contributed by atoms with van der Waals surface area (Å²) in [5, 5.41) is 15.5. The van der Waals surface area contributed by atoms with E-state index in [9.17, 15) is 5.11 Å².